The Bertz CT molecular complexity index is 372. The Morgan fingerprint density at radius 3 is 2.50 bits per heavy atom. The fourth-order valence-corrected chi connectivity index (χ4v) is 2.50. The molecule has 0 radical (unpaired) electrons. The molecule has 1 aliphatic carbocycles. The minimum atomic E-state index is -1.15. The zero-order chi connectivity index (χ0) is 15.0. The van der Waals surface area contributed by atoms with Gasteiger partial charge in [0.25, 0.3) is 0 Å². The Labute approximate surface area is 119 Å². The van der Waals surface area contributed by atoms with Gasteiger partial charge >= 0.3 is 12.0 Å². The van der Waals surface area contributed by atoms with Crippen LogP contribution < -0.4 is 5.32 Å². The van der Waals surface area contributed by atoms with E-state index in [9.17, 15) is 9.59 Å². The molecule has 1 fully saturated rings. The average molecular weight is 282 g/mol. The summed E-state index contributed by atoms with van der Waals surface area (Å²) in [6.07, 6.45) is 10.1. The molecule has 0 spiro atoms. The van der Waals surface area contributed by atoms with Crippen LogP contribution in [0.2, 0.25) is 0 Å². The Hall–Kier alpha value is -1.74. The number of hydrogen-bond acceptors (Lipinski definition) is 3. The second kappa shape index (κ2) is 8.43. The summed E-state index contributed by atoms with van der Waals surface area (Å²) in [6.45, 7) is 0.0652. The molecule has 0 aliphatic heterocycles. The van der Waals surface area contributed by atoms with Crippen molar-refractivity contribution < 1.29 is 19.8 Å². The Kier molecular flexibility index (Phi) is 6.88. The van der Waals surface area contributed by atoms with E-state index < -0.39 is 18.0 Å². The van der Waals surface area contributed by atoms with Crippen molar-refractivity contribution in [3.63, 3.8) is 0 Å². The lowest BCUT2D eigenvalue weighted by Gasteiger charge is -2.34. The second-order valence-corrected chi connectivity index (χ2v) is 4.96. The van der Waals surface area contributed by atoms with Crippen LogP contribution in [0, 0.1) is 12.3 Å². The highest BCUT2D eigenvalue weighted by Crippen LogP contribution is 2.22. The van der Waals surface area contributed by atoms with Crippen LogP contribution in [0.3, 0.4) is 0 Å². The molecular formula is C14H22N2O4. The van der Waals surface area contributed by atoms with Crippen LogP contribution >= 0.6 is 0 Å². The van der Waals surface area contributed by atoms with E-state index in [1.54, 1.807) is 0 Å². The van der Waals surface area contributed by atoms with Gasteiger partial charge in [-0.3, -0.25) is 0 Å². The zero-order valence-corrected chi connectivity index (χ0v) is 11.5. The summed E-state index contributed by atoms with van der Waals surface area (Å²) >= 11 is 0. The van der Waals surface area contributed by atoms with Crippen LogP contribution in [0.5, 0.6) is 0 Å². The molecule has 0 aromatic heterocycles. The van der Waals surface area contributed by atoms with Gasteiger partial charge in [0.1, 0.15) is 6.04 Å². The summed E-state index contributed by atoms with van der Waals surface area (Å²) in [5.74, 6) is 1.09. The SMILES string of the molecule is C#CCC(NC(=O)N(CCO)C1CCCCC1)C(=O)O. The summed E-state index contributed by atoms with van der Waals surface area (Å²) < 4.78 is 0. The number of aliphatic carboxylic acids is 1. The highest BCUT2D eigenvalue weighted by atomic mass is 16.4. The molecule has 0 bridgehead atoms. The molecule has 6 nitrogen and oxygen atoms in total. The van der Waals surface area contributed by atoms with Crippen LogP contribution in [-0.2, 0) is 4.79 Å². The van der Waals surface area contributed by atoms with Crippen LogP contribution in [0.25, 0.3) is 0 Å². The van der Waals surface area contributed by atoms with Crippen molar-refractivity contribution in [2.45, 2.75) is 50.6 Å². The normalized spacial score (nSPS) is 17.0. The first kappa shape index (κ1) is 16.3. The maximum Gasteiger partial charge on any atom is 0.327 e. The molecule has 0 heterocycles. The van der Waals surface area contributed by atoms with Crippen LogP contribution in [0.1, 0.15) is 38.5 Å². The number of carbonyl (C=O) groups excluding carboxylic acids is 1. The zero-order valence-electron chi connectivity index (χ0n) is 11.5. The fraction of sp³-hybridized carbons (Fsp3) is 0.714. The minimum Gasteiger partial charge on any atom is -0.480 e. The molecule has 0 aromatic rings. The van der Waals surface area contributed by atoms with Gasteiger partial charge in [-0.15, -0.1) is 12.3 Å². The molecule has 6 heteroatoms. The van der Waals surface area contributed by atoms with E-state index in [0.717, 1.165) is 32.1 Å². The molecule has 1 atom stereocenters. The monoisotopic (exact) mass is 282 g/mol. The van der Waals surface area contributed by atoms with Gasteiger partial charge < -0.3 is 20.4 Å². The first-order valence-electron chi connectivity index (χ1n) is 6.94. The highest BCUT2D eigenvalue weighted by molar-refractivity contribution is 5.83. The maximum absolute atomic E-state index is 12.2. The van der Waals surface area contributed by atoms with Gasteiger partial charge in [0.05, 0.1) is 6.61 Å². The van der Waals surface area contributed by atoms with Crippen LogP contribution in [0.15, 0.2) is 0 Å². The summed E-state index contributed by atoms with van der Waals surface area (Å²) in [5, 5.41) is 20.5. The number of carbonyl (C=O) groups is 2. The molecule has 1 unspecified atom stereocenters. The van der Waals surface area contributed by atoms with Crippen molar-refractivity contribution in [1.82, 2.24) is 10.2 Å². The number of nitrogens with zero attached hydrogens (tertiary/aromatic N) is 1. The maximum atomic E-state index is 12.2. The van der Waals surface area contributed by atoms with Gasteiger partial charge in [-0.05, 0) is 12.8 Å². The largest absolute Gasteiger partial charge is 0.480 e. The number of carboxylic acids is 1. The van der Waals surface area contributed by atoms with E-state index in [1.807, 2.05) is 0 Å². The third-order valence-electron chi connectivity index (χ3n) is 3.54. The molecule has 112 valence electrons. The quantitative estimate of drug-likeness (QED) is 0.629. The lowest BCUT2D eigenvalue weighted by atomic mass is 9.94. The Morgan fingerprint density at radius 2 is 2.00 bits per heavy atom. The van der Waals surface area contributed by atoms with E-state index in [0.29, 0.717) is 0 Å². The molecule has 1 aliphatic rings. The number of aliphatic hydroxyl groups excluding tert-OH is 1. The fourth-order valence-electron chi connectivity index (χ4n) is 2.50. The molecule has 1 rings (SSSR count). The molecule has 20 heavy (non-hydrogen) atoms. The molecule has 0 aromatic carbocycles. The van der Waals surface area contributed by atoms with Crippen LogP contribution in [0.4, 0.5) is 4.79 Å². The number of aliphatic hydroxyl groups is 1. The van der Waals surface area contributed by atoms with Gasteiger partial charge in [0.2, 0.25) is 0 Å². The number of amides is 2. The van der Waals surface area contributed by atoms with Gasteiger partial charge in [-0.2, -0.15) is 0 Å². The predicted octanol–water partition coefficient (Wildman–Crippen LogP) is 0.799. The standard InChI is InChI=1S/C14H22N2O4/c1-2-6-12(13(18)19)15-14(20)16(9-10-17)11-7-4-3-5-8-11/h1,11-12,17H,3-10H2,(H,15,20)(H,18,19). The molecule has 2 amide bonds. The molecule has 3 N–H and O–H groups in total. The summed E-state index contributed by atoms with van der Waals surface area (Å²) in [4.78, 5) is 24.7. The number of rotatable bonds is 6. The topological polar surface area (TPSA) is 89.9 Å². The predicted molar refractivity (Wildman–Crippen MR) is 74.1 cm³/mol. The number of nitrogens with one attached hydrogen (secondary N) is 1. The van der Waals surface area contributed by atoms with Crippen molar-refractivity contribution in [1.29, 1.82) is 0 Å². The van der Waals surface area contributed by atoms with Gasteiger partial charge in [0, 0.05) is 19.0 Å². The van der Waals surface area contributed by atoms with Crippen molar-refractivity contribution in [2.75, 3.05) is 13.2 Å². The minimum absolute atomic E-state index is 0.0568. The van der Waals surface area contributed by atoms with Gasteiger partial charge in [-0.25, -0.2) is 9.59 Å². The number of hydrogen-bond donors (Lipinski definition) is 3. The van der Waals surface area contributed by atoms with E-state index in [4.69, 9.17) is 16.6 Å². The number of carboxylic acid groups (broad SMARTS) is 1. The summed E-state index contributed by atoms with van der Waals surface area (Å²) in [5.41, 5.74) is 0. The Morgan fingerprint density at radius 1 is 1.35 bits per heavy atom. The van der Waals surface area contributed by atoms with Crippen molar-refractivity contribution in [2.24, 2.45) is 0 Å². The first-order chi connectivity index (χ1) is 9.60. The average Bonchev–Trinajstić information content (AvgIpc) is 2.45. The van der Waals surface area contributed by atoms with E-state index in [-0.39, 0.29) is 25.6 Å². The third kappa shape index (κ3) is 4.74. The number of terminal acetylenes is 1. The highest BCUT2D eigenvalue weighted by Gasteiger charge is 2.28. The van der Waals surface area contributed by atoms with E-state index in [1.165, 1.54) is 4.90 Å². The summed E-state index contributed by atoms with van der Waals surface area (Å²) in [6, 6.07) is -1.48. The lowest BCUT2D eigenvalue weighted by molar-refractivity contribution is -0.139. The number of urea groups is 1. The molecule has 1 saturated carbocycles. The molecular weight excluding hydrogens is 260 g/mol. The van der Waals surface area contributed by atoms with Crippen molar-refractivity contribution in [3.05, 3.63) is 0 Å². The van der Waals surface area contributed by atoms with Crippen molar-refractivity contribution in [3.8, 4) is 12.3 Å². The van der Waals surface area contributed by atoms with Crippen LogP contribution in [-0.4, -0.2) is 52.3 Å². The Balaban J connectivity index is 2.67. The van der Waals surface area contributed by atoms with Crippen molar-refractivity contribution >= 4 is 12.0 Å². The van der Waals surface area contributed by atoms with E-state index >= 15 is 0 Å². The van der Waals surface area contributed by atoms with Gasteiger partial charge in [0.15, 0.2) is 0 Å². The smallest absolute Gasteiger partial charge is 0.327 e. The molecule has 0 saturated heterocycles. The second-order valence-electron chi connectivity index (χ2n) is 4.96. The lowest BCUT2D eigenvalue weighted by Crippen LogP contribution is -2.52. The van der Waals surface area contributed by atoms with E-state index in [2.05, 4.69) is 11.2 Å². The first-order valence-corrected chi connectivity index (χ1v) is 6.94. The summed E-state index contributed by atoms with van der Waals surface area (Å²) in [7, 11) is 0. The van der Waals surface area contributed by atoms with Gasteiger partial charge in [-0.1, -0.05) is 19.3 Å². The third-order valence-corrected chi connectivity index (χ3v) is 3.54.